The van der Waals surface area contributed by atoms with E-state index in [1.54, 1.807) is 6.07 Å². The number of carbonyl (C=O) groups is 1. The first-order chi connectivity index (χ1) is 12.4. The summed E-state index contributed by atoms with van der Waals surface area (Å²) < 4.78 is 0. The highest BCUT2D eigenvalue weighted by Gasteiger charge is 2.18. The van der Waals surface area contributed by atoms with Crippen LogP contribution in [-0.4, -0.2) is 16.1 Å². The molecule has 2 aromatic rings. The Morgan fingerprint density at radius 3 is 2.46 bits per heavy atom. The fourth-order valence-electron chi connectivity index (χ4n) is 3.60. The van der Waals surface area contributed by atoms with Gasteiger partial charge < -0.3 is 15.5 Å². The minimum atomic E-state index is -0.223. The smallest absolute Gasteiger partial charge is 0.223 e. The summed E-state index contributed by atoms with van der Waals surface area (Å²) in [5.74, 6) is -0.536. The van der Waals surface area contributed by atoms with Gasteiger partial charge in [-0.1, -0.05) is 31.2 Å². The minimum Gasteiger partial charge on any atom is -0.504 e. The van der Waals surface area contributed by atoms with Gasteiger partial charge in [0.2, 0.25) is 5.91 Å². The van der Waals surface area contributed by atoms with Gasteiger partial charge in [-0.2, -0.15) is 0 Å². The van der Waals surface area contributed by atoms with Gasteiger partial charge in [-0.15, -0.1) is 0 Å². The van der Waals surface area contributed by atoms with Crippen molar-refractivity contribution in [3.63, 3.8) is 0 Å². The number of hydrogen-bond donors (Lipinski definition) is 3. The third kappa shape index (κ3) is 4.18. The Morgan fingerprint density at radius 1 is 1.00 bits per heavy atom. The molecule has 0 aromatic heterocycles. The molecule has 2 atom stereocenters. The van der Waals surface area contributed by atoms with Crippen LogP contribution in [0.2, 0.25) is 0 Å². The van der Waals surface area contributed by atoms with Gasteiger partial charge in [0, 0.05) is 5.92 Å². The molecule has 0 heterocycles. The molecule has 138 valence electrons. The van der Waals surface area contributed by atoms with E-state index in [1.165, 1.54) is 36.1 Å². The van der Waals surface area contributed by atoms with E-state index in [9.17, 15) is 15.0 Å². The van der Waals surface area contributed by atoms with Crippen molar-refractivity contribution in [2.75, 3.05) is 0 Å². The highest BCUT2D eigenvalue weighted by atomic mass is 16.3. The molecule has 0 fully saturated rings. The summed E-state index contributed by atoms with van der Waals surface area (Å²) in [6.45, 7) is 3.89. The predicted molar refractivity (Wildman–Crippen MR) is 102 cm³/mol. The van der Waals surface area contributed by atoms with E-state index >= 15 is 0 Å². The Balaban J connectivity index is 1.62. The maximum atomic E-state index is 12.5. The largest absolute Gasteiger partial charge is 0.504 e. The Kier molecular flexibility index (Phi) is 5.50. The molecule has 2 unspecified atom stereocenters. The summed E-state index contributed by atoms with van der Waals surface area (Å²) in [6, 6.07) is 11.2. The highest BCUT2D eigenvalue weighted by molar-refractivity contribution is 5.79. The summed E-state index contributed by atoms with van der Waals surface area (Å²) in [4.78, 5) is 12.5. The van der Waals surface area contributed by atoms with E-state index in [1.807, 2.05) is 13.8 Å². The standard InChI is InChI=1S/C22H27NO3/c1-14(11-16-7-10-20(24)21(25)12-16)22(26)23-15(2)18-9-8-17-5-3-4-6-19(17)13-18/h7-10,12-15,24-25H,3-6,11H2,1-2H3,(H,23,26). The molecular formula is C22H27NO3. The topological polar surface area (TPSA) is 69.6 Å². The van der Waals surface area contributed by atoms with Crippen molar-refractivity contribution in [2.24, 2.45) is 5.92 Å². The van der Waals surface area contributed by atoms with Crippen molar-refractivity contribution in [3.8, 4) is 11.5 Å². The molecular weight excluding hydrogens is 326 g/mol. The van der Waals surface area contributed by atoms with Gasteiger partial charge in [-0.3, -0.25) is 4.79 Å². The Hall–Kier alpha value is -2.49. The third-order valence-electron chi connectivity index (χ3n) is 5.26. The van der Waals surface area contributed by atoms with Crippen LogP contribution in [0.5, 0.6) is 11.5 Å². The van der Waals surface area contributed by atoms with E-state index in [0.717, 1.165) is 24.0 Å². The lowest BCUT2D eigenvalue weighted by molar-refractivity contribution is -0.125. The van der Waals surface area contributed by atoms with Crippen LogP contribution in [-0.2, 0) is 24.1 Å². The van der Waals surface area contributed by atoms with Gasteiger partial charge in [0.05, 0.1) is 6.04 Å². The summed E-state index contributed by atoms with van der Waals surface area (Å²) in [5.41, 5.74) is 4.83. The first-order valence-corrected chi connectivity index (χ1v) is 9.37. The first kappa shape index (κ1) is 18.3. The second-order valence-electron chi connectivity index (χ2n) is 7.39. The summed E-state index contributed by atoms with van der Waals surface area (Å²) in [6.07, 6.45) is 5.31. The Labute approximate surface area is 154 Å². The molecule has 2 aromatic carbocycles. The molecule has 1 amide bonds. The van der Waals surface area contributed by atoms with Crippen LogP contribution in [0.3, 0.4) is 0 Å². The maximum Gasteiger partial charge on any atom is 0.223 e. The number of amides is 1. The second kappa shape index (κ2) is 7.81. The van der Waals surface area contributed by atoms with Gasteiger partial charge in [0.1, 0.15) is 0 Å². The van der Waals surface area contributed by atoms with Crippen molar-refractivity contribution in [1.29, 1.82) is 0 Å². The number of aryl methyl sites for hydroxylation is 2. The molecule has 26 heavy (non-hydrogen) atoms. The number of nitrogens with one attached hydrogen (secondary N) is 1. The zero-order valence-electron chi connectivity index (χ0n) is 15.5. The number of rotatable bonds is 5. The van der Waals surface area contributed by atoms with Crippen molar-refractivity contribution in [3.05, 3.63) is 58.7 Å². The average Bonchev–Trinajstić information content (AvgIpc) is 2.64. The van der Waals surface area contributed by atoms with Crippen LogP contribution in [0.15, 0.2) is 36.4 Å². The number of hydrogen-bond acceptors (Lipinski definition) is 3. The molecule has 0 aliphatic heterocycles. The molecule has 0 bridgehead atoms. The summed E-state index contributed by atoms with van der Waals surface area (Å²) in [7, 11) is 0. The number of benzene rings is 2. The fourth-order valence-corrected chi connectivity index (χ4v) is 3.60. The van der Waals surface area contributed by atoms with Crippen LogP contribution in [0.1, 0.15) is 55.0 Å². The van der Waals surface area contributed by atoms with Crippen molar-refractivity contribution >= 4 is 5.91 Å². The Morgan fingerprint density at radius 2 is 1.73 bits per heavy atom. The fraction of sp³-hybridized carbons (Fsp3) is 0.409. The van der Waals surface area contributed by atoms with Crippen LogP contribution in [0.25, 0.3) is 0 Å². The predicted octanol–water partition coefficient (Wildman–Crippen LogP) is 4.03. The number of fused-ring (bicyclic) bond motifs is 1. The van der Waals surface area contributed by atoms with E-state index in [2.05, 4.69) is 23.5 Å². The summed E-state index contributed by atoms with van der Waals surface area (Å²) in [5, 5.41) is 22.1. The SMILES string of the molecule is CC(Cc1ccc(O)c(O)c1)C(=O)NC(C)c1ccc2c(c1)CCCC2. The van der Waals surface area contributed by atoms with Crippen molar-refractivity contribution in [1.82, 2.24) is 5.32 Å². The van der Waals surface area contributed by atoms with Gasteiger partial charge >= 0.3 is 0 Å². The quantitative estimate of drug-likeness (QED) is 0.711. The van der Waals surface area contributed by atoms with E-state index in [0.29, 0.717) is 6.42 Å². The van der Waals surface area contributed by atoms with E-state index in [-0.39, 0.29) is 29.4 Å². The lowest BCUT2D eigenvalue weighted by Gasteiger charge is -2.21. The average molecular weight is 353 g/mol. The second-order valence-corrected chi connectivity index (χ2v) is 7.39. The first-order valence-electron chi connectivity index (χ1n) is 9.37. The number of carbonyl (C=O) groups excluding carboxylic acids is 1. The number of phenols is 2. The molecule has 3 N–H and O–H groups in total. The monoisotopic (exact) mass is 353 g/mol. The highest BCUT2D eigenvalue weighted by Crippen LogP contribution is 2.27. The molecule has 0 radical (unpaired) electrons. The molecule has 0 saturated carbocycles. The van der Waals surface area contributed by atoms with Gasteiger partial charge in [0.25, 0.3) is 0 Å². The maximum absolute atomic E-state index is 12.5. The number of phenolic OH excluding ortho intramolecular Hbond substituents is 2. The molecule has 1 aliphatic rings. The van der Waals surface area contributed by atoms with Gasteiger partial charge in [0.15, 0.2) is 11.5 Å². The molecule has 4 heteroatoms. The zero-order valence-corrected chi connectivity index (χ0v) is 15.5. The molecule has 4 nitrogen and oxygen atoms in total. The van der Waals surface area contributed by atoms with Crippen LogP contribution >= 0.6 is 0 Å². The Bertz CT molecular complexity index is 800. The van der Waals surface area contributed by atoms with E-state index < -0.39 is 0 Å². The van der Waals surface area contributed by atoms with Crippen LogP contribution in [0, 0.1) is 5.92 Å². The molecule has 3 rings (SSSR count). The molecule has 1 aliphatic carbocycles. The van der Waals surface area contributed by atoms with Crippen molar-refractivity contribution in [2.45, 2.75) is 52.0 Å². The van der Waals surface area contributed by atoms with Gasteiger partial charge in [-0.25, -0.2) is 0 Å². The van der Waals surface area contributed by atoms with E-state index in [4.69, 9.17) is 0 Å². The van der Waals surface area contributed by atoms with Crippen LogP contribution < -0.4 is 5.32 Å². The van der Waals surface area contributed by atoms with Crippen molar-refractivity contribution < 1.29 is 15.0 Å². The molecule has 0 saturated heterocycles. The van der Waals surface area contributed by atoms with Gasteiger partial charge in [-0.05, 0) is 73.4 Å². The zero-order chi connectivity index (χ0) is 18.7. The third-order valence-corrected chi connectivity index (χ3v) is 5.26. The lowest BCUT2D eigenvalue weighted by Crippen LogP contribution is -2.32. The minimum absolute atomic E-state index is 0.0113. The van der Waals surface area contributed by atoms with Crippen LogP contribution in [0.4, 0.5) is 0 Å². The number of aromatic hydroxyl groups is 2. The molecule has 0 spiro atoms. The summed E-state index contributed by atoms with van der Waals surface area (Å²) >= 11 is 0. The normalized spacial score (nSPS) is 15.8. The lowest BCUT2D eigenvalue weighted by atomic mass is 9.89.